The minimum absolute atomic E-state index is 0.309. The highest BCUT2D eigenvalue weighted by Crippen LogP contribution is 2.26. The van der Waals surface area contributed by atoms with Crippen LogP contribution in [-0.4, -0.2) is 21.0 Å². The molecule has 0 aromatic carbocycles. The maximum absolute atomic E-state index is 5.88. The van der Waals surface area contributed by atoms with Crippen molar-refractivity contribution in [2.45, 2.75) is 37.8 Å². The number of hydrogen-bond donors (Lipinski definition) is 2. The molecule has 1 aromatic heterocycles. The van der Waals surface area contributed by atoms with Crippen molar-refractivity contribution < 1.29 is 0 Å². The maximum Gasteiger partial charge on any atom is 0.165 e. The van der Waals surface area contributed by atoms with Crippen LogP contribution in [0.4, 0.5) is 5.82 Å². The lowest BCUT2D eigenvalue weighted by atomic mass is 9.92. The summed E-state index contributed by atoms with van der Waals surface area (Å²) in [4.78, 5) is 0. The monoisotopic (exact) mass is 181 g/mol. The van der Waals surface area contributed by atoms with Crippen LogP contribution < -0.4 is 11.5 Å². The van der Waals surface area contributed by atoms with Crippen LogP contribution in [0.25, 0.3) is 0 Å². The van der Waals surface area contributed by atoms with Crippen molar-refractivity contribution in [3.63, 3.8) is 0 Å². The summed E-state index contributed by atoms with van der Waals surface area (Å²) in [5.41, 5.74) is 11.4. The Bertz CT molecular complexity index is 282. The quantitative estimate of drug-likeness (QED) is 0.653. The molecule has 2 unspecified atom stereocenters. The number of nitrogens with two attached hydrogens (primary N) is 2. The summed E-state index contributed by atoms with van der Waals surface area (Å²) in [6.07, 6.45) is 6.20. The summed E-state index contributed by atoms with van der Waals surface area (Å²) in [5, 5.41) is 7.73. The minimum Gasteiger partial charge on any atom is -0.381 e. The number of anilines is 1. The summed E-state index contributed by atoms with van der Waals surface area (Å²) >= 11 is 0. The number of rotatable bonds is 1. The van der Waals surface area contributed by atoms with E-state index in [0.717, 1.165) is 19.3 Å². The van der Waals surface area contributed by atoms with Crippen molar-refractivity contribution in [2.24, 2.45) is 5.73 Å². The molecule has 0 spiro atoms. The van der Waals surface area contributed by atoms with Crippen molar-refractivity contribution in [1.29, 1.82) is 0 Å². The van der Waals surface area contributed by atoms with Gasteiger partial charge in [0.2, 0.25) is 0 Å². The maximum atomic E-state index is 5.88. The number of hydrogen-bond acceptors (Lipinski definition) is 4. The van der Waals surface area contributed by atoms with E-state index < -0.39 is 0 Å². The first kappa shape index (κ1) is 8.50. The van der Waals surface area contributed by atoms with Crippen molar-refractivity contribution in [3.05, 3.63) is 6.20 Å². The second-order valence-electron chi connectivity index (χ2n) is 3.70. The van der Waals surface area contributed by atoms with Crippen molar-refractivity contribution in [2.75, 3.05) is 5.73 Å². The second kappa shape index (κ2) is 3.33. The van der Waals surface area contributed by atoms with Crippen LogP contribution in [0, 0.1) is 0 Å². The summed E-state index contributed by atoms with van der Waals surface area (Å²) in [6.45, 7) is 0. The van der Waals surface area contributed by atoms with E-state index >= 15 is 0 Å². The Morgan fingerprint density at radius 3 is 2.92 bits per heavy atom. The van der Waals surface area contributed by atoms with Gasteiger partial charge in [0.15, 0.2) is 5.82 Å². The lowest BCUT2D eigenvalue weighted by molar-refractivity contribution is 0.296. The van der Waals surface area contributed by atoms with E-state index in [9.17, 15) is 0 Å². The van der Waals surface area contributed by atoms with Crippen LogP contribution in [0.1, 0.15) is 31.7 Å². The van der Waals surface area contributed by atoms with E-state index in [1.807, 2.05) is 4.68 Å². The van der Waals surface area contributed by atoms with E-state index in [1.54, 1.807) is 6.20 Å². The molecule has 0 amide bonds. The molecule has 0 radical (unpaired) electrons. The van der Waals surface area contributed by atoms with Gasteiger partial charge in [0.1, 0.15) is 0 Å². The second-order valence-corrected chi connectivity index (χ2v) is 3.70. The Morgan fingerprint density at radius 1 is 1.46 bits per heavy atom. The SMILES string of the molecule is Nc1cn(C2CCCC(N)C2)nn1. The first-order valence-corrected chi connectivity index (χ1v) is 4.68. The summed E-state index contributed by atoms with van der Waals surface area (Å²) in [7, 11) is 0. The largest absolute Gasteiger partial charge is 0.381 e. The molecule has 72 valence electrons. The molecule has 1 aliphatic carbocycles. The van der Waals surface area contributed by atoms with E-state index in [0.29, 0.717) is 17.9 Å². The highest BCUT2D eigenvalue weighted by Gasteiger charge is 2.21. The van der Waals surface area contributed by atoms with Crippen LogP contribution in [0.2, 0.25) is 0 Å². The van der Waals surface area contributed by atoms with Gasteiger partial charge >= 0.3 is 0 Å². The average molecular weight is 181 g/mol. The molecule has 1 aliphatic rings. The third kappa shape index (κ3) is 1.80. The Labute approximate surface area is 77.1 Å². The zero-order chi connectivity index (χ0) is 9.26. The smallest absolute Gasteiger partial charge is 0.165 e. The van der Waals surface area contributed by atoms with E-state index in [4.69, 9.17) is 11.5 Å². The standard InChI is InChI=1S/C8H15N5/c9-6-2-1-3-7(4-6)13-5-8(10)11-12-13/h5-7H,1-4,9-10H2. The molecule has 5 heteroatoms. The van der Waals surface area contributed by atoms with Gasteiger partial charge in [-0.15, -0.1) is 5.10 Å². The molecule has 0 saturated heterocycles. The van der Waals surface area contributed by atoms with Crippen molar-refractivity contribution in [3.8, 4) is 0 Å². The van der Waals surface area contributed by atoms with Gasteiger partial charge in [0, 0.05) is 6.04 Å². The average Bonchev–Trinajstić information content (AvgIpc) is 2.52. The van der Waals surface area contributed by atoms with Gasteiger partial charge in [0.25, 0.3) is 0 Å². The molecule has 1 fully saturated rings. The molecule has 4 N–H and O–H groups in total. The van der Waals surface area contributed by atoms with Gasteiger partial charge in [-0.3, -0.25) is 0 Å². The van der Waals surface area contributed by atoms with Gasteiger partial charge in [-0.2, -0.15) is 0 Å². The lowest BCUT2D eigenvalue weighted by Crippen LogP contribution is -2.29. The predicted octanol–water partition coefficient (Wildman–Crippen LogP) is 0.303. The highest BCUT2D eigenvalue weighted by molar-refractivity contribution is 5.20. The molecule has 0 aliphatic heterocycles. The molecule has 5 nitrogen and oxygen atoms in total. The molecular weight excluding hydrogens is 166 g/mol. The Morgan fingerprint density at radius 2 is 2.31 bits per heavy atom. The fraction of sp³-hybridized carbons (Fsp3) is 0.750. The van der Waals surface area contributed by atoms with Crippen LogP contribution in [0.15, 0.2) is 6.20 Å². The number of nitrogen functional groups attached to an aromatic ring is 1. The summed E-state index contributed by atoms with van der Waals surface area (Å²) < 4.78 is 1.84. The normalized spacial score (nSPS) is 29.0. The molecule has 0 bridgehead atoms. The Hall–Kier alpha value is -1.10. The third-order valence-corrected chi connectivity index (χ3v) is 2.59. The van der Waals surface area contributed by atoms with Crippen LogP contribution in [0.3, 0.4) is 0 Å². The van der Waals surface area contributed by atoms with Gasteiger partial charge in [0.05, 0.1) is 12.2 Å². The molecule has 2 rings (SSSR count). The van der Waals surface area contributed by atoms with Crippen LogP contribution >= 0.6 is 0 Å². The molecule has 1 heterocycles. The topological polar surface area (TPSA) is 82.8 Å². The first-order valence-electron chi connectivity index (χ1n) is 4.68. The van der Waals surface area contributed by atoms with Crippen LogP contribution in [0.5, 0.6) is 0 Å². The molecule has 13 heavy (non-hydrogen) atoms. The zero-order valence-corrected chi connectivity index (χ0v) is 7.56. The fourth-order valence-corrected chi connectivity index (χ4v) is 1.91. The molecule has 1 saturated carbocycles. The Balaban J connectivity index is 2.08. The van der Waals surface area contributed by atoms with Gasteiger partial charge < -0.3 is 11.5 Å². The number of nitrogens with zero attached hydrogens (tertiary/aromatic N) is 3. The van der Waals surface area contributed by atoms with Gasteiger partial charge in [-0.05, 0) is 25.7 Å². The zero-order valence-electron chi connectivity index (χ0n) is 7.56. The molecule has 1 aromatic rings. The van der Waals surface area contributed by atoms with E-state index in [-0.39, 0.29) is 0 Å². The first-order chi connectivity index (χ1) is 6.25. The predicted molar refractivity (Wildman–Crippen MR) is 49.9 cm³/mol. The fourth-order valence-electron chi connectivity index (χ4n) is 1.91. The van der Waals surface area contributed by atoms with Crippen molar-refractivity contribution >= 4 is 5.82 Å². The third-order valence-electron chi connectivity index (χ3n) is 2.59. The van der Waals surface area contributed by atoms with E-state index in [1.165, 1.54) is 6.42 Å². The summed E-state index contributed by atoms with van der Waals surface area (Å²) in [6, 6.07) is 0.706. The minimum atomic E-state index is 0.309. The molecular formula is C8H15N5. The van der Waals surface area contributed by atoms with Gasteiger partial charge in [-0.25, -0.2) is 4.68 Å². The highest BCUT2D eigenvalue weighted by atomic mass is 15.4. The number of aromatic nitrogens is 3. The van der Waals surface area contributed by atoms with Crippen LogP contribution in [-0.2, 0) is 0 Å². The van der Waals surface area contributed by atoms with Crippen molar-refractivity contribution in [1.82, 2.24) is 15.0 Å². The lowest BCUT2D eigenvalue weighted by Gasteiger charge is -2.26. The summed E-state index contributed by atoms with van der Waals surface area (Å²) in [5.74, 6) is 0.485. The van der Waals surface area contributed by atoms with E-state index in [2.05, 4.69) is 10.3 Å². The Kier molecular flexibility index (Phi) is 2.18. The van der Waals surface area contributed by atoms with Gasteiger partial charge in [-0.1, -0.05) is 5.21 Å². The molecule has 2 atom stereocenters.